The van der Waals surface area contributed by atoms with Gasteiger partial charge in [-0.05, 0) is 25.0 Å². The first kappa shape index (κ1) is 38.4. The Morgan fingerprint density at radius 2 is 0.826 bits per heavy atom. The minimum absolute atomic E-state index is 0.992. The van der Waals surface area contributed by atoms with Gasteiger partial charge < -0.3 is 34.5 Å². The van der Waals surface area contributed by atoms with E-state index in [1.54, 1.807) is 0 Å². The Morgan fingerprint density at radius 1 is 0.500 bits per heavy atom. The molecule has 4 heterocycles. The second-order valence-electron chi connectivity index (χ2n) is 10.6. The van der Waals surface area contributed by atoms with Gasteiger partial charge in [0.05, 0.1) is 11.4 Å². The second kappa shape index (κ2) is 19.6. The normalized spacial score (nSPS) is 11.3. The molecule has 0 saturated heterocycles. The van der Waals surface area contributed by atoms with Crippen molar-refractivity contribution in [1.82, 2.24) is 9.97 Å². The predicted molar refractivity (Wildman–Crippen MR) is 167 cm³/mol. The van der Waals surface area contributed by atoms with Crippen LogP contribution >= 0.6 is 0 Å². The Balaban J connectivity index is 0.000000642. The highest BCUT2D eigenvalue weighted by molar-refractivity contribution is 6.50. The smallest absolute Gasteiger partial charge is 0.418 e. The molecule has 0 aliphatic heterocycles. The minimum atomic E-state index is -6.00. The summed E-state index contributed by atoms with van der Waals surface area (Å²) in [5.41, 5.74) is 6.46. The quantitative estimate of drug-likeness (QED) is 0.0623. The van der Waals surface area contributed by atoms with Gasteiger partial charge >= 0.3 is 14.5 Å². The molecule has 0 fully saturated rings. The topological polar surface area (TPSA) is 33.5 Å². The van der Waals surface area contributed by atoms with Crippen molar-refractivity contribution in [2.75, 3.05) is 0 Å². The molecule has 46 heavy (non-hydrogen) atoms. The van der Waals surface area contributed by atoms with Gasteiger partial charge in [-0.1, -0.05) is 51.7 Å². The van der Waals surface area contributed by atoms with Crippen molar-refractivity contribution in [1.29, 1.82) is 0 Å². The summed E-state index contributed by atoms with van der Waals surface area (Å²) in [6, 6.07) is 17.1. The highest BCUT2D eigenvalue weighted by Crippen LogP contribution is 2.35. The summed E-state index contributed by atoms with van der Waals surface area (Å²) in [5.74, 6) is 0. The molecule has 0 saturated carbocycles. The molecule has 250 valence electrons. The SMILES string of the molecule is CCCCCC[n+]1ccc(-c2ncccc2-c2cccnc2-c2cc[n+](CCCCCC)cc2)cc1.F[B-](F)(F)F.F[B-](F)(F)F. The van der Waals surface area contributed by atoms with E-state index < -0.39 is 14.5 Å². The zero-order valence-electron chi connectivity index (χ0n) is 26.1. The molecule has 0 unspecified atom stereocenters. The van der Waals surface area contributed by atoms with Gasteiger partial charge in [-0.25, -0.2) is 9.13 Å². The summed E-state index contributed by atoms with van der Waals surface area (Å²) in [6.45, 7) is 6.64. The van der Waals surface area contributed by atoms with Crippen LogP contribution in [0.15, 0.2) is 85.7 Å². The Bertz CT molecular complexity index is 1300. The third-order valence-corrected chi connectivity index (χ3v) is 6.77. The lowest BCUT2D eigenvalue weighted by atomic mass is 9.96. The van der Waals surface area contributed by atoms with E-state index in [1.807, 2.05) is 24.5 Å². The molecular formula is C32H40B2F8N4. The molecule has 0 atom stereocenters. The van der Waals surface area contributed by atoms with Crippen LogP contribution in [0.2, 0.25) is 0 Å². The molecule has 4 nitrogen and oxygen atoms in total. The molecule has 0 N–H and O–H groups in total. The van der Waals surface area contributed by atoms with Gasteiger partial charge in [-0.15, -0.1) is 0 Å². The van der Waals surface area contributed by atoms with Crippen LogP contribution in [0, 0.1) is 0 Å². The van der Waals surface area contributed by atoms with Crippen molar-refractivity contribution >= 4 is 14.5 Å². The van der Waals surface area contributed by atoms with Crippen LogP contribution in [0.4, 0.5) is 34.5 Å². The monoisotopic (exact) mass is 654 g/mol. The lowest BCUT2D eigenvalue weighted by molar-refractivity contribution is -0.697. The Kier molecular flexibility index (Phi) is 16.4. The van der Waals surface area contributed by atoms with Crippen LogP contribution in [-0.4, -0.2) is 24.5 Å². The van der Waals surface area contributed by atoms with E-state index in [4.69, 9.17) is 9.97 Å². The van der Waals surface area contributed by atoms with Crippen LogP contribution in [0.5, 0.6) is 0 Å². The van der Waals surface area contributed by atoms with E-state index in [0.29, 0.717) is 0 Å². The number of nitrogens with zero attached hydrogens (tertiary/aromatic N) is 4. The number of hydrogen-bond acceptors (Lipinski definition) is 2. The van der Waals surface area contributed by atoms with E-state index in [2.05, 4.69) is 84.2 Å². The van der Waals surface area contributed by atoms with Crippen molar-refractivity contribution in [2.24, 2.45) is 0 Å². The summed E-state index contributed by atoms with van der Waals surface area (Å²) in [4.78, 5) is 9.60. The van der Waals surface area contributed by atoms with Gasteiger partial charge in [0.15, 0.2) is 24.8 Å². The average Bonchev–Trinajstić information content (AvgIpc) is 3.01. The molecule has 0 aliphatic carbocycles. The fourth-order valence-electron chi connectivity index (χ4n) is 4.68. The zero-order valence-corrected chi connectivity index (χ0v) is 26.1. The van der Waals surface area contributed by atoms with E-state index in [9.17, 15) is 34.5 Å². The van der Waals surface area contributed by atoms with Gasteiger partial charge in [0.25, 0.3) is 0 Å². The maximum absolute atomic E-state index is 9.75. The highest BCUT2D eigenvalue weighted by Gasteiger charge is 2.21. The van der Waals surface area contributed by atoms with Gasteiger partial charge in [0.1, 0.15) is 13.1 Å². The molecule has 0 aliphatic rings. The van der Waals surface area contributed by atoms with E-state index in [1.165, 1.54) is 51.4 Å². The van der Waals surface area contributed by atoms with Gasteiger partial charge in [0.2, 0.25) is 0 Å². The summed E-state index contributed by atoms with van der Waals surface area (Å²) < 4.78 is 82.6. The van der Waals surface area contributed by atoms with E-state index >= 15 is 0 Å². The first-order valence-corrected chi connectivity index (χ1v) is 15.4. The third-order valence-electron chi connectivity index (χ3n) is 6.77. The van der Waals surface area contributed by atoms with E-state index in [-0.39, 0.29) is 0 Å². The number of halogens is 8. The third kappa shape index (κ3) is 15.9. The van der Waals surface area contributed by atoms with Gasteiger partial charge in [0, 0.05) is 71.8 Å². The Hall–Kier alpha value is -3.83. The molecule has 0 aromatic carbocycles. The molecule has 0 bridgehead atoms. The first-order chi connectivity index (χ1) is 21.8. The fraction of sp³-hybridized carbons (Fsp3) is 0.375. The van der Waals surface area contributed by atoms with Crippen LogP contribution in [0.1, 0.15) is 65.2 Å². The minimum Gasteiger partial charge on any atom is -0.418 e. The van der Waals surface area contributed by atoms with Crippen molar-refractivity contribution in [2.45, 2.75) is 78.3 Å². The number of unbranched alkanes of at least 4 members (excludes halogenated alkanes) is 6. The molecule has 4 aromatic rings. The molecule has 14 heteroatoms. The molecule has 4 aromatic heterocycles. The summed E-state index contributed by atoms with van der Waals surface area (Å²) in [5, 5.41) is 0. The highest BCUT2D eigenvalue weighted by atomic mass is 19.5. The number of rotatable bonds is 13. The maximum atomic E-state index is 9.75. The Morgan fingerprint density at radius 3 is 1.13 bits per heavy atom. The van der Waals surface area contributed by atoms with Crippen molar-refractivity contribution in [3.8, 4) is 33.6 Å². The summed E-state index contributed by atoms with van der Waals surface area (Å²) in [7, 11) is -12.0. The number of aryl methyl sites for hydroxylation is 2. The number of hydrogen-bond donors (Lipinski definition) is 0. The predicted octanol–water partition coefficient (Wildman–Crippen LogP) is 9.81. The van der Waals surface area contributed by atoms with Crippen LogP contribution in [0.3, 0.4) is 0 Å². The second-order valence-corrected chi connectivity index (χ2v) is 10.6. The Labute approximate surface area is 265 Å². The molecule has 4 rings (SSSR count). The van der Waals surface area contributed by atoms with Crippen molar-refractivity contribution in [3.63, 3.8) is 0 Å². The van der Waals surface area contributed by atoms with Gasteiger partial charge in [-0.3, -0.25) is 9.97 Å². The van der Waals surface area contributed by atoms with E-state index in [0.717, 1.165) is 46.7 Å². The zero-order chi connectivity index (χ0) is 34.0. The van der Waals surface area contributed by atoms with Crippen LogP contribution < -0.4 is 9.13 Å². The lowest BCUT2D eigenvalue weighted by Gasteiger charge is -2.12. The number of pyridine rings is 4. The largest absolute Gasteiger partial charge is 0.673 e. The average molecular weight is 654 g/mol. The first-order valence-electron chi connectivity index (χ1n) is 15.4. The summed E-state index contributed by atoms with van der Waals surface area (Å²) in [6.07, 6.45) is 22.7. The molecule has 0 radical (unpaired) electrons. The molecule has 0 spiro atoms. The molecular weight excluding hydrogens is 614 g/mol. The standard InChI is InChI=1S/C32H40N4.2BF4/c1-3-5-7-9-21-35-23-15-27(16-24-35)31-29(13-11-19-33-31)30-14-12-20-34-32(30)28-17-25-36(26-18-28)22-10-8-6-4-2;2*2-1(3,4)5/h11-20,23-26H,3-10,21-22H2,1-2H3;;/q+2;2*-1. The van der Waals surface area contributed by atoms with Crippen molar-refractivity contribution in [3.05, 3.63) is 85.7 Å². The lowest BCUT2D eigenvalue weighted by Crippen LogP contribution is -2.32. The van der Waals surface area contributed by atoms with Crippen molar-refractivity contribution < 1.29 is 43.7 Å². The molecule has 0 amide bonds. The maximum Gasteiger partial charge on any atom is 0.673 e. The fourth-order valence-corrected chi connectivity index (χ4v) is 4.68. The summed E-state index contributed by atoms with van der Waals surface area (Å²) >= 11 is 0. The number of aromatic nitrogens is 4. The van der Waals surface area contributed by atoms with Crippen LogP contribution in [-0.2, 0) is 13.1 Å². The van der Waals surface area contributed by atoms with Crippen LogP contribution in [0.25, 0.3) is 33.6 Å². The van der Waals surface area contributed by atoms with Gasteiger partial charge in [-0.2, -0.15) is 0 Å².